The summed E-state index contributed by atoms with van der Waals surface area (Å²) in [5, 5.41) is 26.0. The number of carboxylic acids is 3. The van der Waals surface area contributed by atoms with Crippen LogP contribution in [-0.4, -0.2) is 39.3 Å². The van der Waals surface area contributed by atoms with Crippen LogP contribution in [0, 0.1) is 0 Å². The van der Waals surface area contributed by atoms with Crippen LogP contribution >= 0.6 is 0 Å². The van der Waals surface area contributed by atoms with Crippen LogP contribution in [0.15, 0.2) is 23.5 Å². The lowest BCUT2D eigenvalue weighted by atomic mass is 9.98. The standard InChI is InChI=1S/C11H12O7/c12-9(13)2-6-1-7(3-10(14)15)8(18-5-6)4-11(16)17/h1,5,8H,2-4H2,(H,12,13)(H,14,15)(H,16,17). The SMILES string of the molecule is O=C(O)CC1=COC(CC(=O)O)C(CC(=O)O)=C1. The number of ether oxygens (including phenoxy) is 1. The fraction of sp³-hybridized carbons (Fsp3) is 0.364. The molecule has 1 aliphatic rings. The molecule has 0 bridgehead atoms. The maximum absolute atomic E-state index is 10.6. The molecule has 0 aromatic carbocycles. The van der Waals surface area contributed by atoms with Gasteiger partial charge in [0.15, 0.2) is 0 Å². The summed E-state index contributed by atoms with van der Waals surface area (Å²) < 4.78 is 5.08. The molecule has 0 radical (unpaired) electrons. The molecule has 7 nitrogen and oxygen atoms in total. The van der Waals surface area contributed by atoms with Crippen LogP contribution < -0.4 is 0 Å². The molecule has 0 amide bonds. The molecule has 1 unspecified atom stereocenters. The number of hydrogen-bond acceptors (Lipinski definition) is 4. The van der Waals surface area contributed by atoms with Crippen molar-refractivity contribution in [2.45, 2.75) is 25.4 Å². The summed E-state index contributed by atoms with van der Waals surface area (Å²) in [5.41, 5.74) is 0.559. The minimum atomic E-state index is -1.13. The summed E-state index contributed by atoms with van der Waals surface area (Å²) in [6.45, 7) is 0. The molecule has 98 valence electrons. The minimum absolute atomic E-state index is 0.253. The number of carbonyl (C=O) groups is 3. The van der Waals surface area contributed by atoms with E-state index in [0.717, 1.165) is 6.26 Å². The highest BCUT2D eigenvalue weighted by Crippen LogP contribution is 2.24. The molecular formula is C11H12O7. The van der Waals surface area contributed by atoms with E-state index in [4.69, 9.17) is 20.1 Å². The predicted molar refractivity (Wildman–Crippen MR) is 57.8 cm³/mol. The Morgan fingerprint density at radius 1 is 1.06 bits per heavy atom. The summed E-state index contributed by atoms with van der Waals surface area (Å²) in [6.07, 6.45) is 0.622. The zero-order valence-electron chi connectivity index (χ0n) is 9.33. The number of carboxylic acid groups (broad SMARTS) is 3. The third kappa shape index (κ3) is 4.28. The first-order valence-corrected chi connectivity index (χ1v) is 5.09. The quantitative estimate of drug-likeness (QED) is 0.636. The lowest BCUT2D eigenvalue weighted by Gasteiger charge is -2.22. The first-order valence-electron chi connectivity index (χ1n) is 5.09. The van der Waals surface area contributed by atoms with Crippen molar-refractivity contribution in [3.63, 3.8) is 0 Å². The van der Waals surface area contributed by atoms with Gasteiger partial charge in [0.1, 0.15) is 6.10 Å². The second-order valence-electron chi connectivity index (χ2n) is 3.78. The van der Waals surface area contributed by atoms with Gasteiger partial charge in [-0.2, -0.15) is 0 Å². The van der Waals surface area contributed by atoms with Crippen LogP contribution in [0.25, 0.3) is 0 Å². The molecule has 18 heavy (non-hydrogen) atoms. The summed E-state index contributed by atoms with van der Waals surface area (Å²) in [7, 11) is 0. The normalized spacial score (nSPS) is 18.3. The second-order valence-corrected chi connectivity index (χ2v) is 3.78. The van der Waals surface area contributed by atoms with Gasteiger partial charge in [-0.1, -0.05) is 6.08 Å². The van der Waals surface area contributed by atoms with Gasteiger partial charge < -0.3 is 20.1 Å². The minimum Gasteiger partial charge on any atom is -0.493 e. The van der Waals surface area contributed by atoms with Gasteiger partial charge in [-0.3, -0.25) is 14.4 Å². The average Bonchev–Trinajstić information content (AvgIpc) is 2.19. The van der Waals surface area contributed by atoms with E-state index in [0.29, 0.717) is 5.57 Å². The lowest BCUT2D eigenvalue weighted by molar-refractivity contribution is -0.140. The van der Waals surface area contributed by atoms with Crippen LogP contribution in [0.3, 0.4) is 0 Å². The van der Waals surface area contributed by atoms with Crippen molar-refractivity contribution >= 4 is 17.9 Å². The molecule has 1 rings (SSSR count). The molecule has 0 saturated heterocycles. The molecule has 1 heterocycles. The molecule has 0 fully saturated rings. The zero-order valence-corrected chi connectivity index (χ0v) is 9.33. The van der Waals surface area contributed by atoms with Gasteiger partial charge in [0.2, 0.25) is 0 Å². The Kier molecular flexibility index (Phi) is 4.47. The van der Waals surface area contributed by atoms with E-state index >= 15 is 0 Å². The van der Waals surface area contributed by atoms with Gasteiger partial charge in [-0.25, -0.2) is 0 Å². The summed E-state index contributed by atoms with van der Waals surface area (Å²) >= 11 is 0. The van der Waals surface area contributed by atoms with Crippen LogP contribution in [0.1, 0.15) is 19.3 Å². The molecule has 0 aliphatic carbocycles. The first-order chi connectivity index (χ1) is 8.38. The number of allylic oxidation sites excluding steroid dienone is 1. The number of aliphatic carboxylic acids is 3. The Morgan fingerprint density at radius 2 is 1.67 bits per heavy atom. The van der Waals surface area contributed by atoms with Crippen LogP contribution in [0.5, 0.6) is 0 Å². The maximum Gasteiger partial charge on any atom is 0.307 e. The van der Waals surface area contributed by atoms with Gasteiger partial charge in [0, 0.05) is 0 Å². The Morgan fingerprint density at radius 3 is 2.17 bits per heavy atom. The van der Waals surface area contributed by atoms with Crippen molar-refractivity contribution < 1.29 is 34.4 Å². The molecule has 1 atom stereocenters. The van der Waals surface area contributed by atoms with E-state index in [-0.39, 0.29) is 24.8 Å². The predicted octanol–water partition coefficient (Wildman–Crippen LogP) is 0.620. The van der Waals surface area contributed by atoms with Crippen molar-refractivity contribution in [1.82, 2.24) is 0 Å². The van der Waals surface area contributed by atoms with E-state index in [9.17, 15) is 14.4 Å². The van der Waals surface area contributed by atoms with E-state index in [1.54, 1.807) is 0 Å². The van der Waals surface area contributed by atoms with E-state index < -0.39 is 24.0 Å². The highest BCUT2D eigenvalue weighted by molar-refractivity contribution is 5.74. The van der Waals surface area contributed by atoms with Gasteiger partial charge in [-0.05, 0) is 11.1 Å². The third-order valence-corrected chi connectivity index (χ3v) is 2.24. The largest absolute Gasteiger partial charge is 0.493 e. The number of rotatable bonds is 6. The molecule has 0 spiro atoms. The fourth-order valence-electron chi connectivity index (χ4n) is 1.57. The molecular weight excluding hydrogens is 244 g/mol. The van der Waals surface area contributed by atoms with Gasteiger partial charge in [0.25, 0.3) is 0 Å². The highest BCUT2D eigenvalue weighted by Gasteiger charge is 2.24. The zero-order chi connectivity index (χ0) is 13.7. The Labute approximate surface area is 102 Å². The number of hydrogen-bond donors (Lipinski definition) is 3. The molecule has 0 saturated carbocycles. The smallest absolute Gasteiger partial charge is 0.307 e. The van der Waals surface area contributed by atoms with Crippen molar-refractivity contribution in [2.24, 2.45) is 0 Å². The van der Waals surface area contributed by atoms with Crippen molar-refractivity contribution in [2.75, 3.05) is 0 Å². The Hall–Kier alpha value is -2.31. The molecule has 0 aromatic rings. The van der Waals surface area contributed by atoms with Gasteiger partial charge in [0.05, 0.1) is 25.5 Å². The van der Waals surface area contributed by atoms with Crippen molar-refractivity contribution in [3.8, 4) is 0 Å². The molecule has 7 heteroatoms. The van der Waals surface area contributed by atoms with Crippen molar-refractivity contribution in [3.05, 3.63) is 23.5 Å². The topological polar surface area (TPSA) is 121 Å². The highest BCUT2D eigenvalue weighted by atomic mass is 16.5. The summed E-state index contributed by atoms with van der Waals surface area (Å²) in [6, 6.07) is 0. The first kappa shape index (κ1) is 13.8. The lowest BCUT2D eigenvalue weighted by Crippen LogP contribution is -2.23. The van der Waals surface area contributed by atoms with Crippen LogP contribution in [0.2, 0.25) is 0 Å². The molecule has 1 aliphatic heterocycles. The maximum atomic E-state index is 10.6. The van der Waals surface area contributed by atoms with E-state index in [2.05, 4.69) is 0 Å². The average molecular weight is 256 g/mol. The van der Waals surface area contributed by atoms with E-state index in [1.165, 1.54) is 6.08 Å². The second kappa shape index (κ2) is 5.85. The monoisotopic (exact) mass is 256 g/mol. The third-order valence-electron chi connectivity index (χ3n) is 2.24. The van der Waals surface area contributed by atoms with Crippen LogP contribution in [-0.2, 0) is 19.1 Å². The van der Waals surface area contributed by atoms with Crippen LogP contribution in [0.4, 0.5) is 0 Å². The Bertz CT molecular complexity index is 433. The van der Waals surface area contributed by atoms with Gasteiger partial charge >= 0.3 is 17.9 Å². The molecule has 3 N–H and O–H groups in total. The fourth-order valence-corrected chi connectivity index (χ4v) is 1.57. The summed E-state index contributed by atoms with van der Waals surface area (Å²) in [5.74, 6) is -3.32. The molecule has 0 aromatic heterocycles. The Balaban J connectivity index is 2.84. The van der Waals surface area contributed by atoms with Gasteiger partial charge in [-0.15, -0.1) is 0 Å². The van der Waals surface area contributed by atoms with E-state index in [1.807, 2.05) is 0 Å². The summed E-state index contributed by atoms with van der Waals surface area (Å²) in [4.78, 5) is 31.8. The van der Waals surface area contributed by atoms with Crippen molar-refractivity contribution in [1.29, 1.82) is 0 Å².